The standard InChI is InChI=1S/C27H38N4O3/c1-3-5-17-27(21-32,18-6-4-2)31-26(28)30-20-10-19-29-25(33)22-13-15-24(16-14-22)34-23-11-8-7-9-12-23/h7-9,11-16,21H,3-6,10,17-20H2,1-2H3,(H,29,33)(H3,28,30,31). The van der Waals surface area contributed by atoms with Crippen molar-refractivity contribution in [3.63, 3.8) is 0 Å². The first-order chi connectivity index (χ1) is 16.5. The Bertz CT molecular complexity index is 877. The van der Waals surface area contributed by atoms with Crippen LogP contribution < -0.4 is 20.7 Å². The van der Waals surface area contributed by atoms with Crippen molar-refractivity contribution >= 4 is 18.2 Å². The predicted octanol–water partition coefficient (Wildman–Crippen LogP) is 5.03. The van der Waals surface area contributed by atoms with E-state index < -0.39 is 5.54 Å². The molecule has 1 amide bonds. The third kappa shape index (κ3) is 9.25. The molecule has 0 bridgehead atoms. The van der Waals surface area contributed by atoms with Gasteiger partial charge in [-0.15, -0.1) is 0 Å². The fourth-order valence-electron chi connectivity index (χ4n) is 3.58. The van der Waals surface area contributed by atoms with Crippen molar-refractivity contribution in [2.75, 3.05) is 13.1 Å². The van der Waals surface area contributed by atoms with Crippen LogP contribution in [-0.2, 0) is 4.79 Å². The molecule has 2 aromatic carbocycles. The average molecular weight is 467 g/mol. The van der Waals surface area contributed by atoms with Crippen LogP contribution in [0.4, 0.5) is 0 Å². The summed E-state index contributed by atoms with van der Waals surface area (Å²) in [6.07, 6.45) is 6.96. The van der Waals surface area contributed by atoms with E-state index in [0.29, 0.717) is 30.8 Å². The molecule has 0 aromatic heterocycles. The van der Waals surface area contributed by atoms with Crippen LogP contribution in [0, 0.1) is 5.41 Å². The molecule has 4 N–H and O–H groups in total. The molecule has 0 unspecified atom stereocenters. The molecule has 0 aliphatic carbocycles. The van der Waals surface area contributed by atoms with E-state index in [9.17, 15) is 9.59 Å². The van der Waals surface area contributed by atoms with E-state index in [2.05, 4.69) is 29.8 Å². The average Bonchev–Trinajstić information content (AvgIpc) is 2.86. The summed E-state index contributed by atoms with van der Waals surface area (Å²) in [7, 11) is 0. The van der Waals surface area contributed by atoms with Gasteiger partial charge in [-0.1, -0.05) is 57.7 Å². The lowest BCUT2D eigenvalue weighted by atomic mass is 9.88. The number of amides is 1. The molecule has 0 aliphatic rings. The van der Waals surface area contributed by atoms with Gasteiger partial charge in [-0.2, -0.15) is 0 Å². The Labute approximate surface area is 203 Å². The Balaban J connectivity index is 1.71. The molecule has 0 radical (unpaired) electrons. The summed E-state index contributed by atoms with van der Waals surface area (Å²) in [6, 6.07) is 16.5. The normalized spacial score (nSPS) is 10.9. The number of unbranched alkanes of at least 4 members (excludes halogenated alkanes) is 2. The van der Waals surface area contributed by atoms with Crippen molar-refractivity contribution < 1.29 is 14.3 Å². The zero-order valence-electron chi connectivity index (χ0n) is 20.4. The van der Waals surface area contributed by atoms with Crippen LogP contribution in [0.2, 0.25) is 0 Å². The van der Waals surface area contributed by atoms with Gasteiger partial charge in [-0.25, -0.2) is 0 Å². The fourth-order valence-corrected chi connectivity index (χ4v) is 3.58. The van der Waals surface area contributed by atoms with Crippen molar-refractivity contribution in [3.05, 3.63) is 60.2 Å². The topological polar surface area (TPSA) is 103 Å². The summed E-state index contributed by atoms with van der Waals surface area (Å²) >= 11 is 0. The Morgan fingerprint density at radius 2 is 1.47 bits per heavy atom. The van der Waals surface area contributed by atoms with Gasteiger partial charge in [0.2, 0.25) is 0 Å². The minimum atomic E-state index is -0.680. The van der Waals surface area contributed by atoms with Crippen LogP contribution >= 0.6 is 0 Å². The number of carbonyl (C=O) groups excluding carboxylic acids is 2. The molecule has 2 aromatic rings. The highest BCUT2D eigenvalue weighted by Gasteiger charge is 2.29. The zero-order valence-corrected chi connectivity index (χ0v) is 20.4. The lowest BCUT2D eigenvalue weighted by Crippen LogP contribution is -2.54. The zero-order chi connectivity index (χ0) is 24.7. The summed E-state index contributed by atoms with van der Waals surface area (Å²) in [5.74, 6) is 1.41. The van der Waals surface area contributed by atoms with E-state index in [4.69, 9.17) is 10.1 Å². The van der Waals surface area contributed by atoms with Crippen LogP contribution in [0.15, 0.2) is 54.6 Å². The van der Waals surface area contributed by atoms with Crippen LogP contribution in [0.25, 0.3) is 0 Å². The van der Waals surface area contributed by atoms with Crippen molar-refractivity contribution in [1.82, 2.24) is 16.0 Å². The maximum absolute atomic E-state index is 12.4. The highest BCUT2D eigenvalue weighted by Crippen LogP contribution is 2.21. The lowest BCUT2D eigenvalue weighted by molar-refractivity contribution is -0.113. The van der Waals surface area contributed by atoms with E-state index in [0.717, 1.165) is 50.6 Å². The SMILES string of the molecule is CCCCC(C=O)(CCCC)NC(=N)NCCCNC(=O)c1ccc(Oc2ccccc2)cc1. The smallest absolute Gasteiger partial charge is 0.251 e. The first-order valence-corrected chi connectivity index (χ1v) is 12.2. The summed E-state index contributed by atoms with van der Waals surface area (Å²) in [6.45, 7) is 5.19. The van der Waals surface area contributed by atoms with Crippen LogP contribution in [-0.4, -0.2) is 36.8 Å². The first-order valence-electron chi connectivity index (χ1n) is 12.2. The van der Waals surface area contributed by atoms with Crippen molar-refractivity contribution in [3.8, 4) is 11.5 Å². The summed E-state index contributed by atoms with van der Waals surface area (Å²) in [4.78, 5) is 24.2. The van der Waals surface area contributed by atoms with Crippen LogP contribution in [0.1, 0.15) is 69.2 Å². The third-order valence-electron chi connectivity index (χ3n) is 5.59. The molecule has 34 heavy (non-hydrogen) atoms. The van der Waals surface area contributed by atoms with Gasteiger partial charge in [-0.05, 0) is 55.7 Å². The van der Waals surface area contributed by atoms with E-state index in [-0.39, 0.29) is 11.9 Å². The molecule has 0 fully saturated rings. The fraction of sp³-hybridized carbons (Fsp3) is 0.444. The Hall–Kier alpha value is -3.35. The van der Waals surface area contributed by atoms with Crippen molar-refractivity contribution in [2.24, 2.45) is 0 Å². The number of hydrogen-bond acceptors (Lipinski definition) is 4. The van der Waals surface area contributed by atoms with E-state index in [1.807, 2.05) is 30.3 Å². The number of aldehydes is 1. The second-order valence-electron chi connectivity index (χ2n) is 8.46. The maximum Gasteiger partial charge on any atom is 0.251 e. The second kappa shape index (κ2) is 14.7. The Morgan fingerprint density at radius 1 is 0.882 bits per heavy atom. The molecule has 184 valence electrons. The molecule has 0 saturated heterocycles. The molecular weight excluding hydrogens is 428 g/mol. The molecule has 0 atom stereocenters. The number of hydrogen-bond donors (Lipinski definition) is 4. The van der Waals surface area contributed by atoms with E-state index in [1.54, 1.807) is 24.3 Å². The lowest BCUT2D eigenvalue weighted by Gasteiger charge is -2.30. The van der Waals surface area contributed by atoms with Gasteiger partial charge in [0.15, 0.2) is 5.96 Å². The Kier molecular flexibility index (Phi) is 11.7. The molecule has 0 aliphatic heterocycles. The summed E-state index contributed by atoms with van der Waals surface area (Å²) in [5.41, 5.74) is -0.119. The Morgan fingerprint density at radius 3 is 2.06 bits per heavy atom. The molecular formula is C27H38N4O3. The number of rotatable bonds is 15. The number of carbonyl (C=O) groups is 2. The van der Waals surface area contributed by atoms with E-state index >= 15 is 0 Å². The minimum absolute atomic E-state index is 0.152. The monoisotopic (exact) mass is 466 g/mol. The summed E-state index contributed by atoms with van der Waals surface area (Å²) in [5, 5.41) is 17.2. The quantitative estimate of drug-likeness (QED) is 0.128. The molecule has 7 heteroatoms. The number of benzene rings is 2. The van der Waals surface area contributed by atoms with Gasteiger partial charge in [0.1, 0.15) is 17.8 Å². The first kappa shape index (κ1) is 26.9. The second-order valence-corrected chi connectivity index (χ2v) is 8.46. The molecule has 2 rings (SSSR count). The number of nitrogens with one attached hydrogen (secondary N) is 4. The molecule has 0 heterocycles. The molecule has 7 nitrogen and oxygen atoms in total. The van der Waals surface area contributed by atoms with Gasteiger partial charge in [0.25, 0.3) is 5.91 Å². The molecule has 0 saturated carbocycles. The van der Waals surface area contributed by atoms with Gasteiger partial charge < -0.3 is 25.5 Å². The van der Waals surface area contributed by atoms with Gasteiger partial charge in [0.05, 0.1) is 5.54 Å². The summed E-state index contributed by atoms with van der Waals surface area (Å²) < 4.78 is 5.75. The van der Waals surface area contributed by atoms with Crippen molar-refractivity contribution in [2.45, 2.75) is 64.3 Å². The number of ether oxygens (including phenoxy) is 1. The van der Waals surface area contributed by atoms with Gasteiger partial charge in [0, 0.05) is 18.7 Å². The highest BCUT2D eigenvalue weighted by molar-refractivity contribution is 5.94. The van der Waals surface area contributed by atoms with Crippen molar-refractivity contribution in [1.29, 1.82) is 5.41 Å². The predicted molar refractivity (Wildman–Crippen MR) is 137 cm³/mol. The van der Waals surface area contributed by atoms with Crippen LogP contribution in [0.3, 0.4) is 0 Å². The third-order valence-corrected chi connectivity index (χ3v) is 5.59. The largest absolute Gasteiger partial charge is 0.457 e. The maximum atomic E-state index is 12.4. The van der Waals surface area contributed by atoms with Gasteiger partial charge in [-0.3, -0.25) is 10.2 Å². The molecule has 0 spiro atoms. The number of para-hydroxylation sites is 1. The van der Waals surface area contributed by atoms with Gasteiger partial charge >= 0.3 is 0 Å². The minimum Gasteiger partial charge on any atom is -0.457 e. The van der Waals surface area contributed by atoms with E-state index in [1.165, 1.54) is 0 Å². The van der Waals surface area contributed by atoms with Crippen LogP contribution in [0.5, 0.6) is 11.5 Å². The number of guanidine groups is 1. The highest BCUT2D eigenvalue weighted by atomic mass is 16.5.